The lowest BCUT2D eigenvalue weighted by molar-refractivity contribution is -0.384. The average molecular weight is 436 g/mol. The van der Waals surface area contributed by atoms with Crippen molar-refractivity contribution in [1.82, 2.24) is 9.55 Å². The van der Waals surface area contributed by atoms with E-state index in [0.29, 0.717) is 11.1 Å². The van der Waals surface area contributed by atoms with Crippen molar-refractivity contribution in [3.63, 3.8) is 0 Å². The number of aromatic nitrogens is 2. The maximum Gasteiger partial charge on any atom is 0.269 e. The van der Waals surface area contributed by atoms with Crippen molar-refractivity contribution in [2.45, 2.75) is 31.6 Å². The fraction of sp³-hybridized carbons (Fsp3) is 0.217. The van der Waals surface area contributed by atoms with Crippen LogP contribution < -0.4 is 10.2 Å². The monoisotopic (exact) mass is 436 g/mol. The van der Waals surface area contributed by atoms with Gasteiger partial charge in [-0.2, -0.15) is 0 Å². The molecule has 0 saturated heterocycles. The first-order valence-corrected chi connectivity index (χ1v) is 10.2. The van der Waals surface area contributed by atoms with E-state index in [2.05, 4.69) is 4.98 Å². The molecule has 1 aliphatic carbocycles. The highest BCUT2D eigenvalue weighted by atomic mass is 19.1. The van der Waals surface area contributed by atoms with E-state index in [1.807, 2.05) is 0 Å². The topological polar surface area (TPSA) is 94.0 Å². The maximum absolute atomic E-state index is 14.5. The van der Waals surface area contributed by atoms with E-state index >= 15 is 0 Å². The van der Waals surface area contributed by atoms with Gasteiger partial charge < -0.3 is 4.74 Å². The van der Waals surface area contributed by atoms with E-state index in [4.69, 9.17) is 10.1 Å². The minimum Gasteiger partial charge on any atom is -0.443 e. The van der Waals surface area contributed by atoms with E-state index < -0.39 is 22.5 Å². The van der Waals surface area contributed by atoms with Crippen LogP contribution in [0.3, 0.4) is 0 Å². The molecular formula is C23H18F2N4O3. The molecule has 0 bridgehead atoms. The van der Waals surface area contributed by atoms with Gasteiger partial charge in [0, 0.05) is 30.5 Å². The van der Waals surface area contributed by atoms with Gasteiger partial charge in [0.1, 0.15) is 29.2 Å². The molecule has 32 heavy (non-hydrogen) atoms. The van der Waals surface area contributed by atoms with Crippen LogP contribution in [0.1, 0.15) is 42.7 Å². The Labute approximate surface area is 181 Å². The maximum atomic E-state index is 14.5. The Morgan fingerprint density at radius 1 is 1.16 bits per heavy atom. The summed E-state index contributed by atoms with van der Waals surface area (Å²) in [4.78, 5) is 15.3. The molecule has 1 aromatic heterocycles. The second kappa shape index (κ2) is 7.67. The number of halogens is 2. The first-order chi connectivity index (χ1) is 15.4. The fourth-order valence-electron chi connectivity index (χ4n) is 4.47. The smallest absolute Gasteiger partial charge is 0.269 e. The van der Waals surface area contributed by atoms with Crippen molar-refractivity contribution < 1.29 is 18.4 Å². The number of benzene rings is 2. The molecule has 0 saturated carbocycles. The van der Waals surface area contributed by atoms with E-state index in [1.165, 1.54) is 29.1 Å². The highest BCUT2D eigenvalue weighted by molar-refractivity contribution is 5.52. The number of fused-ring (bicyclic) bond motifs is 1. The number of nitro benzene ring substituents is 1. The SMILES string of the molecule is N=c1c2c(ncn1-c1ccc(F)cc1F)OC1=C(CCCC1)C2c1cccc([N+](=O)[O-])c1. The molecule has 7 nitrogen and oxygen atoms in total. The summed E-state index contributed by atoms with van der Waals surface area (Å²) in [5.41, 5.74) is 1.85. The molecule has 5 rings (SSSR count). The molecule has 0 amide bonds. The van der Waals surface area contributed by atoms with Crippen LogP contribution in [0.4, 0.5) is 14.5 Å². The molecule has 0 fully saturated rings. The van der Waals surface area contributed by atoms with E-state index in [-0.39, 0.29) is 22.7 Å². The third-order valence-corrected chi connectivity index (χ3v) is 5.92. The number of hydrogen-bond acceptors (Lipinski definition) is 5. The molecule has 1 aliphatic heterocycles. The molecular weight excluding hydrogens is 418 g/mol. The Morgan fingerprint density at radius 3 is 2.75 bits per heavy atom. The molecule has 2 aromatic carbocycles. The first kappa shape index (κ1) is 20.0. The summed E-state index contributed by atoms with van der Waals surface area (Å²) in [6.07, 6.45) is 4.61. The predicted molar refractivity (Wildman–Crippen MR) is 110 cm³/mol. The molecule has 1 N–H and O–H groups in total. The Bertz CT molecular complexity index is 1350. The van der Waals surface area contributed by atoms with Gasteiger partial charge >= 0.3 is 0 Å². The standard InChI is InChI=1S/C23H18F2N4O3/c24-14-8-9-18(17(25)11-14)28-12-27-23-21(22(28)26)20(16-6-1-2-7-19(16)32-23)13-4-3-5-15(10-13)29(30)31/h3-5,8-12,20,26H,1-2,6-7H2. The zero-order valence-corrected chi connectivity index (χ0v) is 16.8. The molecule has 162 valence electrons. The Morgan fingerprint density at radius 2 is 1.97 bits per heavy atom. The molecule has 2 heterocycles. The average Bonchev–Trinajstić information content (AvgIpc) is 2.78. The highest BCUT2D eigenvalue weighted by Crippen LogP contribution is 2.46. The minimum atomic E-state index is -0.827. The van der Waals surface area contributed by atoms with Crippen LogP contribution in [0.5, 0.6) is 5.88 Å². The van der Waals surface area contributed by atoms with Crippen LogP contribution in [0.15, 0.2) is 60.1 Å². The van der Waals surface area contributed by atoms with Gasteiger partial charge in [-0.3, -0.25) is 20.1 Å². The fourth-order valence-corrected chi connectivity index (χ4v) is 4.47. The van der Waals surface area contributed by atoms with Crippen LogP contribution >= 0.6 is 0 Å². The minimum absolute atomic E-state index is 0.0205. The van der Waals surface area contributed by atoms with Gasteiger partial charge in [0.15, 0.2) is 0 Å². The van der Waals surface area contributed by atoms with Gasteiger partial charge in [-0.25, -0.2) is 13.8 Å². The van der Waals surface area contributed by atoms with Crippen LogP contribution in [0, 0.1) is 27.2 Å². The molecule has 0 spiro atoms. The van der Waals surface area contributed by atoms with Gasteiger partial charge in [-0.15, -0.1) is 0 Å². The molecule has 2 aliphatic rings. The second-order valence-electron chi connectivity index (χ2n) is 7.82. The predicted octanol–water partition coefficient (Wildman–Crippen LogP) is 4.89. The third-order valence-electron chi connectivity index (χ3n) is 5.92. The van der Waals surface area contributed by atoms with E-state index in [1.54, 1.807) is 12.1 Å². The zero-order chi connectivity index (χ0) is 22.4. The van der Waals surface area contributed by atoms with Crippen molar-refractivity contribution in [1.29, 1.82) is 5.41 Å². The number of non-ortho nitro benzene ring substituents is 1. The van der Waals surface area contributed by atoms with Gasteiger partial charge in [0.2, 0.25) is 5.88 Å². The summed E-state index contributed by atoms with van der Waals surface area (Å²) in [5, 5.41) is 20.2. The first-order valence-electron chi connectivity index (χ1n) is 10.2. The van der Waals surface area contributed by atoms with Crippen molar-refractivity contribution in [3.05, 3.63) is 98.5 Å². The Kier molecular flexibility index (Phi) is 4.80. The zero-order valence-electron chi connectivity index (χ0n) is 16.8. The summed E-state index contributed by atoms with van der Waals surface area (Å²) in [6, 6.07) is 9.40. The summed E-state index contributed by atoms with van der Waals surface area (Å²) < 4.78 is 35.2. The molecule has 9 heteroatoms. The molecule has 0 radical (unpaired) electrons. The largest absolute Gasteiger partial charge is 0.443 e. The number of ether oxygens (including phenoxy) is 1. The highest BCUT2D eigenvalue weighted by Gasteiger charge is 2.35. The molecule has 1 unspecified atom stereocenters. The van der Waals surface area contributed by atoms with Crippen molar-refractivity contribution in [2.24, 2.45) is 0 Å². The van der Waals surface area contributed by atoms with Crippen molar-refractivity contribution in [2.75, 3.05) is 0 Å². The van der Waals surface area contributed by atoms with Crippen LogP contribution in [-0.2, 0) is 0 Å². The Balaban J connectivity index is 1.75. The van der Waals surface area contributed by atoms with Crippen LogP contribution in [0.2, 0.25) is 0 Å². The summed E-state index contributed by atoms with van der Waals surface area (Å²) in [7, 11) is 0. The van der Waals surface area contributed by atoms with E-state index in [0.717, 1.165) is 49.1 Å². The number of allylic oxidation sites excluding steroid dienone is 2. The lowest BCUT2D eigenvalue weighted by atomic mass is 9.78. The van der Waals surface area contributed by atoms with Crippen LogP contribution in [0.25, 0.3) is 5.69 Å². The van der Waals surface area contributed by atoms with Crippen molar-refractivity contribution in [3.8, 4) is 11.6 Å². The third kappa shape index (κ3) is 3.26. The number of nitro groups is 1. The van der Waals surface area contributed by atoms with Crippen molar-refractivity contribution >= 4 is 5.69 Å². The van der Waals surface area contributed by atoms with Gasteiger partial charge in [0.25, 0.3) is 5.69 Å². The summed E-state index contributed by atoms with van der Waals surface area (Å²) in [5.74, 6) is -1.03. The van der Waals surface area contributed by atoms with Gasteiger partial charge in [0.05, 0.1) is 16.2 Å². The number of hydrogen-bond donors (Lipinski definition) is 1. The van der Waals surface area contributed by atoms with E-state index in [9.17, 15) is 18.9 Å². The lowest BCUT2D eigenvalue weighted by Gasteiger charge is -2.33. The lowest BCUT2D eigenvalue weighted by Crippen LogP contribution is -2.31. The van der Waals surface area contributed by atoms with Crippen LogP contribution in [-0.4, -0.2) is 14.5 Å². The molecule has 3 aromatic rings. The number of nitrogens with one attached hydrogen (secondary N) is 1. The summed E-state index contributed by atoms with van der Waals surface area (Å²) in [6.45, 7) is 0. The van der Waals surface area contributed by atoms with Gasteiger partial charge in [-0.05, 0) is 42.5 Å². The number of rotatable bonds is 3. The second-order valence-corrected chi connectivity index (χ2v) is 7.82. The summed E-state index contributed by atoms with van der Waals surface area (Å²) >= 11 is 0. The Hall–Kier alpha value is -3.88. The number of nitrogens with zero attached hydrogens (tertiary/aromatic N) is 3. The van der Waals surface area contributed by atoms with Gasteiger partial charge in [-0.1, -0.05) is 12.1 Å². The molecule has 1 atom stereocenters. The normalized spacial score (nSPS) is 17.4. The quantitative estimate of drug-likeness (QED) is 0.467.